The minimum atomic E-state index is -3.10. The van der Waals surface area contributed by atoms with E-state index >= 15 is 0 Å². The van der Waals surface area contributed by atoms with Crippen molar-refractivity contribution in [1.29, 1.82) is 0 Å². The van der Waals surface area contributed by atoms with Gasteiger partial charge >= 0.3 is 0 Å². The lowest BCUT2D eigenvalue weighted by Crippen LogP contribution is -2.11. The summed E-state index contributed by atoms with van der Waals surface area (Å²) in [4.78, 5) is 12.3. The molecule has 0 aliphatic carbocycles. The molecule has 0 saturated carbocycles. The van der Waals surface area contributed by atoms with Crippen LogP contribution in [0.3, 0.4) is 0 Å². The summed E-state index contributed by atoms with van der Waals surface area (Å²) >= 11 is 1.29. The van der Waals surface area contributed by atoms with Crippen molar-refractivity contribution < 1.29 is 13.2 Å². The van der Waals surface area contributed by atoms with E-state index in [1.807, 2.05) is 30.3 Å². The molecule has 0 aliphatic rings. The Labute approximate surface area is 149 Å². The van der Waals surface area contributed by atoms with Crippen LogP contribution in [0.4, 0.5) is 5.13 Å². The van der Waals surface area contributed by atoms with E-state index in [9.17, 15) is 13.2 Å². The van der Waals surface area contributed by atoms with Crippen molar-refractivity contribution in [3.05, 3.63) is 65.7 Å². The highest BCUT2D eigenvalue weighted by Crippen LogP contribution is 2.26. The normalized spacial score (nSPS) is 11.2. The predicted octanol–water partition coefficient (Wildman–Crippen LogP) is 3.00. The van der Waals surface area contributed by atoms with Gasteiger partial charge in [0.25, 0.3) is 5.91 Å². The molecule has 3 rings (SSSR count). The molecular weight excluding hydrogens is 358 g/mol. The van der Waals surface area contributed by atoms with Gasteiger partial charge in [-0.15, -0.1) is 10.2 Å². The summed E-state index contributed by atoms with van der Waals surface area (Å²) in [6, 6.07) is 16.0. The Kier molecular flexibility index (Phi) is 4.91. The van der Waals surface area contributed by atoms with Crippen molar-refractivity contribution in [3.63, 3.8) is 0 Å². The standard InChI is InChI=1S/C17H15N3O3S2/c1-25(22,23)11-12-7-9-13(10-8-12)15(21)18-17-20-19-16(24-17)14-5-3-2-4-6-14/h2-10H,11H2,1H3,(H,18,20,21). The molecule has 0 fully saturated rings. The number of carbonyl (C=O) groups is 1. The Bertz CT molecular complexity index is 981. The van der Waals surface area contributed by atoms with Crippen LogP contribution in [0, 0.1) is 0 Å². The van der Waals surface area contributed by atoms with Crippen molar-refractivity contribution >= 4 is 32.2 Å². The summed E-state index contributed by atoms with van der Waals surface area (Å²) in [7, 11) is -3.10. The Hall–Kier alpha value is -2.58. The van der Waals surface area contributed by atoms with Crippen LogP contribution in [0.25, 0.3) is 10.6 Å². The molecule has 2 aromatic carbocycles. The van der Waals surface area contributed by atoms with E-state index in [-0.39, 0.29) is 11.7 Å². The van der Waals surface area contributed by atoms with Crippen molar-refractivity contribution in [2.45, 2.75) is 5.75 Å². The summed E-state index contributed by atoms with van der Waals surface area (Å²) in [6.07, 6.45) is 1.17. The molecule has 1 aromatic heterocycles. The van der Waals surface area contributed by atoms with Gasteiger partial charge in [0, 0.05) is 17.4 Å². The van der Waals surface area contributed by atoms with Crippen molar-refractivity contribution in [2.75, 3.05) is 11.6 Å². The van der Waals surface area contributed by atoms with E-state index in [1.54, 1.807) is 24.3 Å². The molecule has 1 amide bonds. The van der Waals surface area contributed by atoms with Crippen molar-refractivity contribution in [3.8, 4) is 10.6 Å². The van der Waals surface area contributed by atoms with Gasteiger partial charge in [0.2, 0.25) is 5.13 Å². The molecular formula is C17H15N3O3S2. The van der Waals surface area contributed by atoms with E-state index in [0.29, 0.717) is 16.3 Å². The number of hydrogen-bond acceptors (Lipinski definition) is 6. The summed E-state index contributed by atoms with van der Waals surface area (Å²) in [5, 5.41) is 11.9. The van der Waals surface area contributed by atoms with E-state index in [0.717, 1.165) is 10.6 Å². The molecule has 0 unspecified atom stereocenters. The van der Waals surface area contributed by atoms with Gasteiger partial charge < -0.3 is 0 Å². The second-order valence-electron chi connectivity index (χ2n) is 5.50. The first-order valence-corrected chi connectivity index (χ1v) is 10.3. The van der Waals surface area contributed by atoms with Gasteiger partial charge in [-0.1, -0.05) is 53.8 Å². The molecule has 3 aromatic rings. The Balaban J connectivity index is 1.69. The highest BCUT2D eigenvalue weighted by atomic mass is 32.2. The molecule has 0 bridgehead atoms. The number of nitrogens with one attached hydrogen (secondary N) is 1. The number of nitrogens with zero attached hydrogens (tertiary/aromatic N) is 2. The highest BCUT2D eigenvalue weighted by Gasteiger charge is 2.12. The lowest BCUT2D eigenvalue weighted by Gasteiger charge is -2.03. The lowest BCUT2D eigenvalue weighted by atomic mass is 10.1. The largest absolute Gasteiger partial charge is 0.296 e. The Morgan fingerprint density at radius 2 is 1.72 bits per heavy atom. The van der Waals surface area contributed by atoms with Gasteiger partial charge in [-0.25, -0.2) is 8.42 Å². The first kappa shape index (κ1) is 17.2. The minimum Gasteiger partial charge on any atom is -0.296 e. The number of benzene rings is 2. The number of anilines is 1. The van der Waals surface area contributed by atoms with Gasteiger partial charge in [-0.2, -0.15) is 0 Å². The molecule has 1 heterocycles. The van der Waals surface area contributed by atoms with Gasteiger partial charge in [0.05, 0.1) is 5.75 Å². The second kappa shape index (κ2) is 7.12. The average Bonchev–Trinajstić information content (AvgIpc) is 3.03. The van der Waals surface area contributed by atoms with Crippen LogP contribution >= 0.6 is 11.3 Å². The molecule has 0 spiro atoms. The first-order chi connectivity index (χ1) is 11.9. The number of sulfone groups is 1. The molecule has 0 atom stereocenters. The Morgan fingerprint density at radius 3 is 2.36 bits per heavy atom. The number of carbonyl (C=O) groups excluding carboxylic acids is 1. The number of aromatic nitrogens is 2. The second-order valence-corrected chi connectivity index (χ2v) is 8.62. The smallest absolute Gasteiger partial charge is 0.257 e. The molecule has 0 radical (unpaired) electrons. The monoisotopic (exact) mass is 373 g/mol. The maximum Gasteiger partial charge on any atom is 0.257 e. The molecule has 1 N–H and O–H groups in total. The highest BCUT2D eigenvalue weighted by molar-refractivity contribution is 7.89. The zero-order valence-electron chi connectivity index (χ0n) is 13.3. The van der Waals surface area contributed by atoms with Crippen LogP contribution in [0.5, 0.6) is 0 Å². The maximum absolute atomic E-state index is 12.3. The first-order valence-electron chi connectivity index (χ1n) is 7.38. The van der Waals surface area contributed by atoms with Gasteiger partial charge in [0.1, 0.15) is 5.01 Å². The summed E-state index contributed by atoms with van der Waals surface area (Å²) in [6.45, 7) is 0. The van der Waals surface area contributed by atoms with E-state index < -0.39 is 9.84 Å². The van der Waals surface area contributed by atoms with Crippen LogP contribution in [-0.2, 0) is 15.6 Å². The van der Waals surface area contributed by atoms with Crippen LogP contribution in [-0.4, -0.2) is 30.8 Å². The van der Waals surface area contributed by atoms with Crippen molar-refractivity contribution in [2.24, 2.45) is 0 Å². The Morgan fingerprint density at radius 1 is 1.04 bits per heavy atom. The number of rotatable bonds is 5. The van der Waals surface area contributed by atoms with E-state index in [2.05, 4.69) is 15.5 Å². The van der Waals surface area contributed by atoms with Gasteiger partial charge in [0.15, 0.2) is 9.84 Å². The van der Waals surface area contributed by atoms with Crippen LogP contribution in [0.1, 0.15) is 15.9 Å². The molecule has 0 aliphatic heterocycles. The topological polar surface area (TPSA) is 89.0 Å². The third-order valence-corrected chi connectivity index (χ3v) is 5.06. The fourth-order valence-corrected chi connectivity index (χ4v) is 3.74. The van der Waals surface area contributed by atoms with E-state index in [1.165, 1.54) is 17.6 Å². The molecule has 25 heavy (non-hydrogen) atoms. The summed E-state index contributed by atoms with van der Waals surface area (Å²) in [5.41, 5.74) is 2.00. The quantitative estimate of drug-likeness (QED) is 0.743. The van der Waals surface area contributed by atoms with E-state index in [4.69, 9.17) is 0 Å². The fraction of sp³-hybridized carbons (Fsp3) is 0.118. The molecule has 128 valence electrons. The molecule has 8 heteroatoms. The van der Waals surface area contributed by atoms with Crippen LogP contribution in [0.15, 0.2) is 54.6 Å². The zero-order valence-corrected chi connectivity index (χ0v) is 15.0. The zero-order chi connectivity index (χ0) is 17.9. The molecule has 0 saturated heterocycles. The third kappa shape index (κ3) is 4.71. The predicted molar refractivity (Wildman–Crippen MR) is 98.3 cm³/mol. The third-order valence-electron chi connectivity index (χ3n) is 3.31. The fourth-order valence-electron chi connectivity index (χ4n) is 2.20. The molecule has 6 nitrogen and oxygen atoms in total. The van der Waals surface area contributed by atoms with Gasteiger partial charge in [-0.05, 0) is 17.7 Å². The average molecular weight is 373 g/mol. The summed E-state index contributed by atoms with van der Waals surface area (Å²) < 4.78 is 22.6. The minimum absolute atomic E-state index is 0.0499. The van der Waals surface area contributed by atoms with Crippen molar-refractivity contribution in [1.82, 2.24) is 10.2 Å². The SMILES string of the molecule is CS(=O)(=O)Cc1ccc(C(=O)Nc2nnc(-c3ccccc3)s2)cc1. The van der Waals surface area contributed by atoms with Gasteiger partial charge in [-0.3, -0.25) is 10.1 Å². The van der Waals surface area contributed by atoms with Crippen LogP contribution in [0.2, 0.25) is 0 Å². The lowest BCUT2D eigenvalue weighted by molar-refractivity contribution is 0.102. The number of hydrogen-bond donors (Lipinski definition) is 1. The number of amides is 1. The van der Waals surface area contributed by atoms with Crippen LogP contribution < -0.4 is 5.32 Å². The summed E-state index contributed by atoms with van der Waals surface area (Å²) in [5.74, 6) is -0.368. The maximum atomic E-state index is 12.3.